The molecule has 0 bridgehead atoms. The first kappa shape index (κ1) is 7.47. The minimum atomic E-state index is -0.480. The van der Waals surface area contributed by atoms with Crippen LogP contribution < -0.4 is 0 Å². The minimum Gasteiger partial charge on any atom is -0.474 e. The summed E-state index contributed by atoms with van der Waals surface area (Å²) in [6.07, 6.45) is 3.14. The zero-order valence-corrected chi connectivity index (χ0v) is 5.28. The van der Waals surface area contributed by atoms with E-state index in [1.165, 1.54) is 13.2 Å². The lowest BCUT2D eigenvalue weighted by Gasteiger charge is -1.90. The molecule has 0 rings (SSSR count). The second kappa shape index (κ2) is 4.62. The summed E-state index contributed by atoms with van der Waals surface area (Å²) >= 11 is 0. The van der Waals surface area contributed by atoms with E-state index < -0.39 is 6.01 Å². The molecular weight excluding hydrogens is 107 g/mol. The number of unbranched alkanes of at least 4 members (excludes halogenated alkanes) is 1. The highest BCUT2D eigenvalue weighted by atomic mass is 19.1. The van der Waals surface area contributed by atoms with E-state index in [1.54, 1.807) is 0 Å². The van der Waals surface area contributed by atoms with Gasteiger partial charge in [-0.05, 0) is 12.5 Å². The Hall–Kier alpha value is -0.530. The third-order valence-corrected chi connectivity index (χ3v) is 0.789. The lowest BCUT2D eigenvalue weighted by Crippen LogP contribution is -1.75. The van der Waals surface area contributed by atoms with Crippen molar-refractivity contribution in [1.82, 2.24) is 0 Å². The number of ether oxygens (including phenoxy) is 1. The summed E-state index contributed by atoms with van der Waals surface area (Å²) in [5, 5.41) is 0. The summed E-state index contributed by atoms with van der Waals surface area (Å²) < 4.78 is 16.2. The molecule has 0 saturated carbocycles. The van der Waals surface area contributed by atoms with E-state index in [0.29, 0.717) is 0 Å². The first-order valence-corrected chi connectivity index (χ1v) is 2.71. The van der Waals surface area contributed by atoms with E-state index in [4.69, 9.17) is 0 Å². The summed E-state index contributed by atoms with van der Waals surface area (Å²) in [7, 11) is 1.32. The van der Waals surface area contributed by atoms with Crippen molar-refractivity contribution in [2.24, 2.45) is 0 Å². The quantitative estimate of drug-likeness (QED) is 0.516. The molecule has 48 valence electrons. The van der Waals surface area contributed by atoms with E-state index >= 15 is 0 Å². The van der Waals surface area contributed by atoms with Crippen LogP contribution in [0.15, 0.2) is 12.1 Å². The molecule has 0 heterocycles. The van der Waals surface area contributed by atoms with Gasteiger partial charge >= 0.3 is 0 Å². The zero-order valence-electron chi connectivity index (χ0n) is 5.28. The standard InChI is InChI=1S/C6H11FO/c1-3-4-5-6(7)8-2/h5H,3-4H2,1-2H3. The Morgan fingerprint density at radius 1 is 1.75 bits per heavy atom. The molecule has 2 heteroatoms. The average Bonchev–Trinajstić information content (AvgIpc) is 1.83. The Labute approximate surface area is 49.2 Å². The van der Waals surface area contributed by atoms with Crippen molar-refractivity contribution in [3.63, 3.8) is 0 Å². The SMILES string of the molecule is CCCC=C(F)OC. The zero-order chi connectivity index (χ0) is 6.41. The Balaban J connectivity index is 3.26. The van der Waals surface area contributed by atoms with E-state index in [-0.39, 0.29) is 0 Å². The van der Waals surface area contributed by atoms with Crippen molar-refractivity contribution in [3.05, 3.63) is 12.1 Å². The van der Waals surface area contributed by atoms with Crippen LogP contribution in [0.5, 0.6) is 0 Å². The highest BCUT2D eigenvalue weighted by molar-refractivity contribution is 4.80. The second-order valence-electron chi connectivity index (χ2n) is 1.50. The summed E-state index contributed by atoms with van der Waals surface area (Å²) in [5.41, 5.74) is 0. The predicted molar refractivity (Wildman–Crippen MR) is 31.1 cm³/mol. The second-order valence-corrected chi connectivity index (χ2v) is 1.50. The Morgan fingerprint density at radius 2 is 2.38 bits per heavy atom. The van der Waals surface area contributed by atoms with Crippen molar-refractivity contribution in [2.75, 3.05) is 7.11 Å². The molecule has 0 spiro atoms. The number of hydrogen-bond donors (Lipinski definition) is 0. The summed E-state index contributed by atoms with van der Waals surface area (Å²) in [6, 6.07) is -0.480. The van der Waals surface area contributed by atoms with Gasteiger partial charge in [0.1, 0.15) is 0 Å². The number of methoxy groups -OCH3 is 1. The van der Waals surface area contributed by atoms with Gasteiger partial charge in [-0.2, -0.15) is 4.39 Å². The lowest BCUT2D eigenvalue weighted by atomic mass is 10.3. The highest BCUT2D eigenvalue weighted by Gasteiger charge is 1.85. The Morgan fingerprint density at radius 3 is 2.75 bits per heavy atom. The lowest BCUT2D eigenvalue weighted by molar-refractivity contribution is 0.201. The van der Waals surface area contributed by atoms with Gasteiger partial charge in [0.25, 0.3) is 6.01 Å². The van der Waals surface area contributed by atoms with Gasteiger partial charge in [0.15, 0.2) is 0 Å². The maximum absolute atomic E-state index is 12.0. The fraction of sp³-hybridized carbons (Fsp3) is 0.667. The van der Waals surface area contributed by atoms with Gasteiger partial charge in [-0.15, -0.1) is 0 Å². The van der Waals surface area contributed by atoms with Gasteiger partial charge in [-0.1, -0.05) is 13.3 Å². The molecular formula is C6H11FO. The van der Waals surface area contributed by atoms with Crippen LogP contribution in [0.1, 0.15) is 19.8 Å². The van der Waals surface area contributed by atoms with Crippen LogP contribution >= 0.6 is 0 Å². The van der Waals surface area contributed by atoms with Crippen LogP contribution in [0.25, 0.3) is 0 Å². The Kier molecular flexibility index (Phi) is 4.32. The number of rotatable bonds is 3. The van der Waals surface area contributed by atoms with E-state index in [0.717, 1.165) is 12.8 Å². The molecule has 0 aliphatic carbocycles. The van der Waals surface area contributed by atoms with E-state index in [2.05, 4.69) is 4.74 Å². The van der Waals surface area contributed by atoms with Gasteiger partial charge in [0, 0.05) is 0 Å². The summed E-state index contributed by atoms with van der Waals surface area (Å²) in [5.74, 6) is 0. The number of allylic oxidation sites excluding steroid dienone is 1. The fourth-order valence-electron chi connectivity index (χ4n) is 0.341. The molecule has 0 radical (unpaired) electrons. The van der Waals surface area contributed by atoms with Crippen LogP contribution in [0, 0.1) is 0 Å². The molecule has 0 fully saturated rings. The molecule has 0 aromatic carbocycles. The van der Waals surface area contributed by atoms with Crippen molar-refractivity contribution >= 4 is 0 Å². The average molecular weight is 118 g/mol. The van der Waals surface area contributed by atoms with Crippen LogP contribution in [-0.4, -0.2) is 7.11 Å². The summed E-state index contributed by atoms with van der Waals surface area (Å²) in [6.45, 7) is 1.99. The smallest absolute Gasteiger partial charge is 0.268 e. The molecule has 0 aliphatic heterocycles. The molecule has 0 saturated heterocycles. The number of hydrogen-bond acceptors (Lipinski definition) is 1. The molecule has 1 nitrogen and oxygen atoms in total. The van der Waals surface area contributed by atoms with Crippen LogP contribution in [-0.2, 0) is 4.74 Å². The topological polar surface area (TPSA) is 9.23 Å². The first-order valence-electron chi connectivity index (χ1n) is 2.71. The van der Waals surface area contributed by atoms with Crippen molar-refractivity contribution < 1.29 is 9.13 Å². The molecule has 0 N–H and O–H groups in total. The van der Waals surface area contributed by atoms with Crippen molar-refractivity contribution in [3.8, 4) is 0 Å². The van der Waals surface area contributed by atoms with Gasteiger partial charge in [-0.3, -0.25) is 0 Å². The molecule has 0 aromatic rings. The van der Waals surface area contributed by atoms with Gasteiger partial charge in [0.2, 0.25) is 0 Å². The van der Waals surface area contributed by atoms with Crippen LogP contribution in [0.3, 0.4) is 0 Å². The molecule has 0 unspecified atom stereocenters. The third kappa shape index (κ3) is 3.65. The van der Waals surface area contributed by atoms with E-state index in [9.17, 15) is 4.39 Å². The predicted octanol–water partition coefficient (Wildman–Crippen LogP) is 2.24. The Bertz CT molecular complexity index is 78.6. The van der Waals surface area contributed by atoms with Gasteiger partial charge < -0.3 is 4.74 Å². The monoisotopic (exact) mass is 118 g/mol. The molecule has 0 aromatic heterocycles. The number of halogens is 1. The van der Waals surface area contributed by atoms with Crippen molar-refractivity contribution in [2.45, 2.75) is 19.8 Å². The molecule has 0 aliphatic rings. The molecule has 8 heavy (non-hydrogen) atoms. The van der Waals surface area contributed by atoms with Crippen LogP contribution in [0.2, 0.25) is 0 Å². The maximum Gasteiger partial charge on any atom is 0.268 e. The maximum atomic E-state index is 12.0. The minimum absolute atomic E-state index is 0.480. The highest BCUT2D eigenvalue weighted by Crippen LogP contribution is 1.99. The largest absolute Gasteiger partial charge is 0.474 e. The molecule has 0 atom stereocenters. The summed E-state index contributed by atoms with van der Waals surface area (Å²) in [4.78, 5) is 0. The van der Waals surface area contributed by atoms with Gasteiger partial charge in [-0.25, -0.2) is 0 Å². The van der Waals surface area contributed by atoms with E-state index in [1.807, 2.05) is 6.92 Å². The van der Waals surface area contributed by atoms with Crippen molar-refractivity contribution in [1.29, 1.82) is 0 Å². The van der Waals surface area contributed by atoms with Crippen LogP contribution in [0.4, 0.5) is 4.39 Å². The van der Waals surface area contributed by atoms with Gasteiger partial charge in [0.05, 0.1) is 7.11 Å². The third-order valence-electron chi connectivity index (χ3n) is 0.789. The first-order chi connectivity index (χ1) is 3.81. The molecule has 0 amide bonds. The fourth-order valence-corrected chi connectivity index (χ4v) is 0.341. The normalized spacial score (nSPS) is 11.6.